The maximum atomic E-state index is 10.7. The Morgan fingerprint density at radius 1 is 1.50 bits per heavy atom. The van der Waals surface area contributed by atoms with Crippen molar-refractivity contribution < 1.29 is 14.7 Å². The molecule has 0 saturated heterocycles. The van der Waals surface area contributed by atoms with Crippen LogP contribution in [0.3, 0.4) is 0 Å². The third kappa shape index (κ3) is 3.24. The quantitative estimate of drug-likeness (QED) is 0.751. The maximum Gasteiger partial charge on any atom is 0.217 e. The SMILES string of the molecule is CC(=O)NCC=Cc1c(O)cccc1C=O. The minimum Gasteiger partial charge on any atom is -0.507 e. The average Bonchev–Trinajstić information content (AvgIpc) is 2.25. The molecule has 0 aliphatic rings. The van der Waals surface area contributed by atoms with Crippen molar-refractivity contribution in [3.63, 3.8) is 0 Å². The topological polar surface area (TPSA) is 66.4 Å². The van der Waals surface area contributed by atoms with Crippen molar-refractivity contribution in [1.29, 1.82) is 0 Å². The van der Waals surface area contributed by atoms with E-state index >= 15 is 0 Å². The van der Waals surface area contributed by atoms with Crippen LogP contribution < -0.4 is 5.32 Å². The second-order valence-electron chi connectivity index (χ2n) is 3.24. The van der Waals surface area contributed by atoms with Crippen molar-refractivity contribution in [3.8, 4) is 5.75 Å². The van der Waals surface area contributed by atoms with Gasteiger partial charge in [0, 0.05) is 24.6 Å². The molecule has 0 radical (unpaired) electrons. The first kappa shape index (κ1) is 12.0. The first-order valence-electron chi connectivity index (χ1n) is 4.83. The molecule has 0 aliphatic heterocycles. The fraction of sp³-hybridized carbons (Fsp3) is 0.167. The Hall–Kier alpha value is -2.10. The highest BCUT2D eigenvalue weighted by atomic mass is 16.3. The van der Waals surface area contributed by atoms with Crippen molar-refractivity contribution in [1.82, 2.24) is 5.32 Å². The zero-order chi connectivity index (χ0) is 12.0. The zero-order valence-corrected chi connectivity index (χ0v) is 8.93. The van der Waals surface area contributed by atoms with Crippen molar-refractivity contribution in [2.24, 2.45) is 0 Å². The highest BCUT2D eigenvalue weighted by Crippen LogP contribution is 2.21. The number of benzene rings is 1. The van der Waals surface area contributed by atoms with Gasteiger partial charge in [-0.1, -0.05) is 24.3 Å². The van der Waals surface area contributed by atoms with E-state index in [0.29, 0.717) is 24.0 Å². The van der Waals surface area contributed by atoms with E-state index in [0.717, 1.165) is 0 Å². The molecular weight excluding hydrogens is 206 g/mol. The monoisotopic (exact) mass is 219 g/mol. The molecule has 4 heteroatoms. The molecule has 0 aliphatic carbocycles. The third-order valence-electron chi connectivity index (χ3n) is 2.00. The van der Waals surface area contributed by atoms with E-state index in [4.69, 9.17) is 0 Å². The first-order chi connectivity index (χ1) is 7.65. The van der Waals surface area contributed by atoms with E-state index in [-0.39, 0.29) is 11.7 Å². The highest BCUT2D eigenvalue weighted by Gasteiger charge is 2.02. The molecule has 0 saturated carbocycles. The smallest absolute Gasteiger partial charge is 0.217 e. The van der Waals surface area contributed by atoms with Crippen LogP contribution in [-0.2, 0) is 4.79 Å². The maximum absolute atomic E-state index is 10.7. The first-order valence-corrected chi connectivity index (χ1v) is 4.83. The number of nitrogens with one attached hydrogen (secondary N) is 1. The number of hydrogen-bond acceptors (Lipinski definition) is 3. The van der Waals surface area contributed by atoms with Crippen LogP contribution in [0, 0.1) is 0 Å². The van der Waals surface area contributed by atoms with Gasteiger partial charge in [0.1, 0.15) is 5.75 Å². The lowest BCUT2D eigenvalue weighted by Gasteiger charge is -2.02. The largest absolute Gasteiger partial charge is 0.507 e. The number of rotatable bonds is 4. The Labute approximate surface area is 93.6 Å². The standard InChI is InChI=1S/C12H13NO3/c1-9(15)13-7-3-5-11-10(8-14)4-2-6-12(11)16/h2-6,8,16H,7H2,1H3,(H,13,15). The van der Waals surface area contributed by atoms with Crippen molar-refractivity contribution in [2.45, 2.75) is 6.92 Å². The molecule has 0 fully saturated rings. The molecule has 1 aromatic carbocycles. The molecule has 2 N–H and O–H groups in total. The van der Waals surface area contributed by atoms with Crippen LogP contribution in [0.15, 0.2) is 24.3 Å². The van der Waals surface area contributed by atoms with Gasteiger partial charge in [0.25, 0.3) is 0 Å². The number of phenols is 1. The van der Waals surface area contributed by atoms with Crippen molar-refractivity contribution in [3.05, 3.63) is 35.4 Å². The summed E-state index contributed by atoms with van der Waals surface area (Å²) in [5, 5.41) is 12.1. The summed E-state index contributed by atoms with van der Waals surface area (Å²) < 4.78 is 0. The van der Waals surface area contributed by atoms with E-state index in [1.807, 2.05) is 0 Å². The van der Waals surface area contributed by atoms with Crippen LogP contribution in [0.25, 0.3) is 6.08 Å². The fourth-order valence-corrected chi connectivity index (χ4v) is 1.23. The van der Waals surface area contributed by atoms with Gasteiger partial charge in [0.2, 0.25) is 5.91 Å². The summed E-state index contributed by atoms with van der Waals surface area (Å²) in [6, 6.07) is 4.72. The van der Waals surface area contributed by atoms with Gasteiger partial charge in [-0.05, 0) is 6.07 Å². The molecule has 0 aromatic heterocycles. The summed E-state index contributed by atoms with van der Waals surface area (Å²) in [4.78, 5) is 21.3. The van der Waals surface area contributed by atoms with Gasteiger partial charge in [-0.3, -0.25) is 9.59 Å². The van der Waals surface area contributed by atoms with Gasteiger partial charge in [0.15, 0.2) is 6.29 Å². The van der Waals surface area contributed by atoms with Crippen LogP contribution in [0.1, 0.15) is 22.8 Å². The van der Waals surface area contributed by atoms with Crippen LogP contribution in [0.4, 0.5) is 0 Å². The Kier molecular flexibility index (Phi) is 4.27. The van der Waals surface area contributed by atoms with Gasteiger partial charge in [0.05, 0.1) is 0 Å². The van der Waals surface area contributed by atoms with Crippen LogP contribution >= 0.6 is 0 Å². The number of aromatic hydroxyl groups is 1. The molecular formula is C12H13NO3. The van der Waals surface area contributed by atoms with E-state index < -0.39 is 0 Å². The number of phenolic OH excluding ortho intramolecular Hbond substituents is 1. The summed E-state index contributed by atoms with van der Waals surface area (Å²) in [6.07, 6.45) is 3.95. The van der Waals surface area contributed by atoms with Gasteiger partial charge in [-0.2, -0.15) is 0 Å². The fourth-order valence-electron chi connectivity index (χ4n) is 1.23. The molecule has 0 spiro atoms. The zero-order valence-electron chi connectivity index (χ0n) is 8.93. The van der Waals surface area contributed by atoms with Crippen molar-refractivity contribution >= 4 is 18.3 Å². The lowest BCUT2D eigenvalue weighted by Crippen LogP contribution is -2.19. The van der Waals surface area contributed by atoms with E-state index in [9.17, 15) is 14.7 Å². The van der Waals surface area contributed by atoms with Gasteiger partial charge >= 0.3 is 0 Å². The summed E-state index contributed by atoms with van der Waals surface area (Å²) >= 11 is 0. The summed E-state index contributed by atoms with van der Waals surface area (Å²) in [7, 11) is 0. The molecule has 0 heterocycles. The number of aldehydes is 1. The van der Waals surface area contributed by atoms with E-state index in [1.165, 1.54) is 13.0 Å². The molecule has 0 bridgehead atoms. The minimum absolute atomic E-state index is 0.0451. The normalized spacial score (nSPS) is 10.3. The van der Waals surface area contributed by atoms with Crippen LogP contribution in [0.5, 0.6) is 5.75 Å². The van der Waals surface area contributed by atoms with E-state index in [2.05, 4.69) is 5.32 Å². The van der Waals surface area contributed by atoms with Crippen LogP contribution in [-0.4, -0.2) is 23.8 Å². The van der Waals surface area contributed by atoms with Gasteiger partial charge in [-0.15, -0.1) is 0 Å². The number of carbonyl (C=O) groups is 2. The van der Waals surface area contributed by atoms with Gasteiger partial charge in [-0.25, -0.2) is 0 Å². The Morgan fingerprint density at radius 3 is 2.88 bits per heavy atom. The molecule has 84 valence electrons. The lowest BCUT2D eigenvalue weighted by molar-refractivity contribution is -0.118. The molecule has 16 heavy (non-hydrogen) atoms. The number of hydrogen-bond donors (Lipinski definition) is 2. The number of carbonyl (C=O) groups excluding carboxylic acids is 2. The Bertz CT molecular complexity index is 424. The second kappa shape index (κ2) is 5.70. The third-order valence-corrected chi connectivity index (χ3v) is 2.00. The molecule has 4 nitrogen and oxygen atoms in total. The minimum atomic E-state index is -0.127. The highest BCUT2D eigenvalue weighted by molar-refractivity contribution is 5.84. The van der Waals surface area contributed by atoms with Crippen molar-refractivity contribution in [2.75, 3.05) is 6.54 Å². The second-order valence-corrected chi connectivity index (χ2v) is 3.24. The summed E-state index contributed by atoms with van der Waals surface area (Å²) in [6.45, 7) is 1.78. The molecule has 1 amide bonds. The Morgan fingerprint density at radius 2 is 2.25 bits per heavy atom. The molecule has 1 aromatic rings. The molecule has 1 rings (SSSR count). The number of amides is 1. The van der Waals surface area contributed by atoms with Gasteiger partial charge < -0.3 is 10.4 Å². The summed E-state index contributed by atoms with van der Waals surface area (Å²) in [5.41, 5.74) is 0.877. The van der Waals surface area contributed by atoms with Crippen LogP contribution in [0.2, 0.25) is 0 Å². The molecule has 0 atom stereocenters. The summed E-state index contributed by atoms with van der Waals surface area (Å²) in [5.74, 6) is -0.0822. The lowest BCUT2D eigenvalue weighted by atomic mass is 10.1. The average molecular weight is 219 g/mol. The predicted molar refractivity (Wildman–Crippen MR) is 61.2 cm³/mol. The molecule has 0 unspecified atom stereocenters. The predicted octanol–water partition coefficient (Wildman–Crippen LogP) is 1.35. The Balaban J connectivity index is 2.79. The van der Waals surface area contributed by atoms with E-state index in [1.54, 1.807) is 24.3 Å².